The first-order valence-corrected chi connectivity index (χ1v) is 10.6. The van der Waals surface area contributed by atoms with Gasteiger partial charge in [-0.25, -0.2) is 0 Å². The van der Waals surface area contributed by atoms with Gasteiger partial charge in [-0.05, 0) is 63.5 Å². The fraction of sp³-hybridized carbons (Fsp3) is 0.565. The van der Waals surface area contributed by atoms with Crippen molar-refractivity contribution in [3.05, 3.63) is 45.7 Å². The van der Waals surface area contributed by atoms with Crippen LogP contribution in [0.2, 0.25) is 0 Å². The minimum absolute atomic E-state index is 0. The number of piperidine rings is 1. The summed E-state index contributed by atoms with van der Waals surface area (Å²) in [5.74, 6) is 1.11. The quantitative estimate of drug-likeness (QED) is 0.820. The van der Waals surface area contributed by atoms with Gasteiger partial charge in [-0.3, -0.25) is 9.59 Å². The molecule has 1 N–H and O–H groups in total. The number of H-pyrrole nitrogens is 1. The van der Waals surface area contributed by atoms with E-state index in [9.17, 15) is 9.59 Å². The second-order valence-electron chi connectivity index (χ2n) is 8.30. The number of carbonyl (C=O) groups excluding carboxylic acids is 1. The van der Waals surface area contributed by atoms with Crippen molar-refractivity contribution < 1.29 is 9.53 Å². The largest absolute Gasteiger partial charge is 0.381 e. The third-order valence-corrected chi connectivity index (χ3v) is 6.55. The van der Waals surface area contributed by atoms with Crippen LogP contribution in [-0.4, -0.2) is 42.1 Å². The predicted octanol–water partition coefficient (Wildman–Crippen LogP) is 3.86. The molecule has 2 aromatic rings. The number of benzene rings is 1. The number of para-hydroxylation sites is 1. The van der Waals surface area contributed by atoms with E-state index in [0.29, 0.717) is 11.8 Å². The van der Waals surface area contributed by atoms with Crippen LogP contribution in [0.5, 0.6) is 0 Å². The summed E-state index contributed by atoms with van der Waals surface area (Å²) in [5, 5.41) is 0.767. The summed E-state index contributed by atoms with van der Waals surface area (Å²) in [6.07, 6.45) is 5.82. The molecule has 5 nitrogen and oxygen atoms in total. The summed E-state index contributed by atoms with van der Waals surface area (Å²) in [5.41, 5.74) is 2.96. The molecule has 1 aromatic carbocycles. The lowest BCUT2D eigenvalue weighted by molar-refractivity contribution is -0.140. The number of ether oxygens (including phenoxy) is 1. The Hall–Kier alpha value is -1.85. The lowest BCUT2D eigenvalue weighted by atomic mass is 9.89. The molecule has 6 heteroatoms. The molecular weight excluding hydrogens is 388 g/mol. The van der Waals surface area contributed by atoms with Crippen molar-refractivity contribution in [2.24, 2.45) is 11.8 Å². The summed E-state index contributed by atoms with van der Waals surface area (Å²) >= 11 is 0. The maximum Gasteiger partial charge on any atom is 0.225 e. The molecule has 3 heterocycles. The first kappa shape index (κ1) is 21.8. The Morgan fingerprint density at radius 1 is 1.14 bits per heavy atom. The molecule has 1 aromatic heterocycles. The number of nitrogens with zero attached hydrogens (tertiary/aromatic N) is 1. The zero-order valence-corrected chi connectivity index (χ0v) is 17.9. The number of nitrogens with one attached hydrogen (secondary N) is 1. The normalized spacial score (nSPS) is 18.6. The molecule has 0 aliphatic carbocycles. The number of rotatable bonds is 4. The average molecular weight is 419 g/mol. The molecule has 0 atom stereocenters. The molecule has 29 heavy (non-hydrogen) atoms. The molecule has 2 fully saturated rings. The number of hydrogen-bond donors (Lipinski definition) is 1. The van der Waals surface area contributed by atoms with E-state index in [-0.39, 0.29) is 23.8 Å². The average Bonchev–Trinajstić information content (AvgIpc) is 2.76. The molecule has 1 amide bonds. The van der Waals surface area contributed by atoms with E-state index >= 15 is 0 Å². The van der Waals surface area contributed by atoms with Crippen molar-refractivity contribution in [2.45, 2.75) is 45.4 Å². The molecule has 4 rings (SSSR count). The molecule has 0 radical (unpaired) electrons. The maximum atomic E-state index is 12.7. The van der Waals surface area contributed by atoms with Gasteiger partial charge in [0.25, 0.3) is 0 Å². The number of aromatic nitrogens is 1. The topological polar surface area (TPSA) is 62.4 Å². The first-order valence-electron chi connectivity index (χ1n) is 10.6. The van der Waals surface area contributed by atoms with Crippen LogP contribution in [0.3, 0.4) is 0 Å². The van der Waals surface area contributed by atoms with Gasteiger partial charge < -0.3 is 14.6 Å². The summed E-state index contributed by atoms with van der Waals surface area (Å²) < 4.78 is 5.38. The third-order valence-electron chi connectivity index (χ3n) is 6.55. The van der Waals surface area contributed by atoms with Gasteiger partial charge in [0, 0.05) is 54.4 Å². The molecule has 158 valence electrons. The second kappa shape index (κ2) is 9.77. The minimum Gasteiger partial charge on any atom is -0.381 e. The van der Waals surface area contributed by atoms with E-state index in [1.54, 1.807) is 0 Å². The monoisotopic (exact) mass is 418 g/mol. The van der Waals surface area contributed by atoms with Gasteiger partial charge in [0.05, 0.1) is 0 Å². The van der Waals surface area contributed by atoms with Crippen LogP contribution in [0, 0.1) is 18.8 Å². The molecule has 2 aliphatic heterocycles. The number of fused-ring (bicyclic) bond motifs is 1. The van der Waals surface area contributed by atoms with Crippen LogP contribution in [0.15, 0.2) is 29.1 Å². The molecule has 0 bridgehead atoms. The maximum absolute atomic E-state index is 12.7. The van der Waals surface area contributed by atoms with Gasteiger partial charge in [-0.1, -0.05) is 12.1 Å². The number of halogens is 1. The van der Waals surface area contributed by atoms with Crippen LogP contribution >= 0.6 is 12.4 Å². The van der Waals surface area contributed by atoms with Gasteiger partial charge in [-0.15, -0.1) is 12.4 Å². The lowest BCUT2D eigenvalue weighted by Gasteiger charge is -2.35. The van der Waals surface area contributed by atoms with Crippen LogP contribution < -0.4 is 5.43 Å². The summed E-state index contributed by atoms with van der Waals surface area (Å²) in [4.78, 5) is 30.8. The second-order valence-corrected chi connectivity index (χ2v) is 8.30. The summed E-state index contributed by atoms with van der Waals surface area (Å²) in [7, 11) is 0. The van der Waals surface area contributed by atoms with Gasteiger partial charge in [0.2, 0.25) is 5.91 Å². The number of hydrogen-bond acceptors (Lipinski definition) is 3. The third kappa shape index (κ3) is 4.84. The highest BCUT2D eigenvalue weighted by Crippen LogP contribution is 2.26. The Kier molecular flexibility index (Phi) is 7.36. The lowest BCUT2D eigenvalue weighted by Crippen LogP contribution is -2.43. The molecule has 0 spiro atoms. The molecular formula is C23H31ClN2O3. The van der Waals surface area contributed by atoms with E-state index in [0.717, 1.165) is 87.0 Å². The standard InChI is InChI=1S/C23H30N2O3.ClH/c1-16-20(24-21-5-3-2-4-19(21)22(16)26)7-6-17-8-12-25(13-9-17)23(27)18-10-14-28-15-11-18;/h2-5,17-18H,6-15H2,1H3,(H,24,26);1H. The Bertz CT molecular complexity index is 897. The van der Waals surface area contributed by atoms with Gasteiger partial charge in [0.1, 0.15) is 0 Å². The fourth-order valence-corrected chi connectivity index (χ4v) is 4.63. The Labute approximate surface area is 178 Å². The summed E-state index contributed by atoms with van der Waals surface area (Å²) in [6.45, 7) is 5.10. The molecule has 0 saturated carbocycles. The number of amides is 1. The number of aromatic amines is 1. The van der Waals surface area contributed by atoms with Crippen molar-refractivity contribution in [3.63, 3.8) is 0 Å². The zero-order chi connectivity index (χ0) is 19.5. The highest BCUT2D eigenvalue weighted by atomic mass is 35.5. The minimum atomic E-state index is 0. The Morgan fingerprint density at radius 3 is 2.55 bits per heavy atom. The number of aryl methyl sites for hydroxylation is 1. The van der Waals surface area contributed by atoms with Gasteiger partial charge in [-0.2, -0.15) is 0 Å². The van der Waals surface area contributed by atoms with Crippen LogP contribution in [-0.2, 0) is 16.0 Å². The Balaban J connectivity index is 0.00000240. The fourth-order valence-electron chi connectivity index (χ4n) is 4.63. The predicted molar refractivity (Wildman–Crippen MR) is 118 cm³/mol. The first-order chi connectivity index (χ1) is 13.6. The summed E-state index contributed by atoms with van der Waals surface area (Å²) in [6, 6.07) is 7.73. The van der Waals surface area contributed by atoms with Gasteiger partial charge >= 0.3 is 0 Å². The zero-order valence-electron chi connectivity index (χ0n) is 17.1. The van der Waals surface area contributed by atoms with E-state index in [4.69, 9.17) is 4.74 Å². The van der Waals surface area contributed by atoms with Crippen LogP contribution in [0.25, 0.3) is 10.9 Å². The van der Waals surface area contributed by atoms with Crippen LogP contribution in [0.4, 0.5) is 0 Å². The van der Waals surface area contributed by atoms with E-state index in [2.05, 4.69) is 9.88 Å². The van der Waals surface area contributed by atoms with E-state index in [1.165, 1.54) is 0 Å². The molecule has 2 aliphatic rings. The number of carbonyl (C=O) groups is 1. The van der Waals surface area contributed by atoms with Gasteiger partial charge in [0.15, 0.2) is 5.43 Å². The number of likely N-dealkylation sites (tertiary alicyclic amines) is 1. The molecule has 2 saturated heterocycles. The Morgan fingerprint density at radius 2 is 1.83 bits per heavy atom. The molecule has 0 unspecified atom stereocenters. The van der Waals surface area contributed by atoms with Crippen molar-refractivity contribution in [1.82, 2.24) is 9.88 Å². The van der Waals surface area contributed by atoms with Crippen molar-refractivity contribution in [3.8, 4) is 0 Å². The number of pyridine rings is 1. The van der Waals surface area contributed by atoms with Crippen molar-refractivity contribution in [2.75, 3.05) is 26.3 Å². The highest BCUT2D eigenvalue weighted by Gasteiger charge is 2.29. The van der Waals surface area contributed by atoms with Crippen LogP contribution in [0.1, 0.15) is 43.4 Å². The van der Waals surface area contributed by atoms with E-state index in [1.807, 2.05) is 31.2 Å². The van der Waals surface area contributed by atoms with Crippen molar-refractivity contribution in [1.29, 1.82) is 0 Å². The van der Waals surface area contributed by atoms with E-state index < -0.39 is 0 Å². The van der Waals surface area contributed by atoms with Crippen molar-refractivity contribution >= 4 is 29.2 Å². The highest BCUT2D eigenvalue weighted by molar-refractivity contribution is 5.85. The smallest absolute Gasteiger partial charge is 0.225 e. The SMILES string of the molecule is Cc1c(CCC2CCN(C(=O)C3CCOCC3)CC2)[nH]c2ccccc2c1=O.Cl.